The van der Waals surface area contributed by atoms with E-state index in [9.17, 15) is 4.79 Å². The Labute approximate surface area is 240 Å². The maximum Gasteiger partial charge on any atom is 0.339 e. The lowest BCUT2D eigenvalue weighted by molar-refractivity contribution is -0.164. The fourth-order valence-electron chi connectivity index (χ4n) is 5.18. The number of ether oxygens (including phenoxy) is 3. The van der Waals surface area contributed by atoms with Crippen LogP contribution in [0.1, 0.15) is 63.3 Å². The minimum Gasteiger partial charge on any atom is -0.467 e. The van der Waals surface area contributed by atoms with Crippen molar-refractivity contribution in [3.63, 3.8) is 0 Å². The SMILES string of the molecule is C=CCOC1(C)CCN(c2c(C(OC(C)(C)C)C(=O)OC)c(C)c(C)c3nc(-c4cccc(Br)c4)cn23)CC1. The molecule has 4 rings (SSSR count). The van der Waals surface area contributed by atoms with Crippen molar-refractivity contribution in [1.82, 2.24) is 9.38 Å². The number of methoxy groups -OCH3 is 1. The van der Waals surface area contributed by atoms with Gasteiger partial charge in [-0.3, -0.25) is 4.40 Å². The van der Waals surface area contributed by atoms with Gasteiger partial charge in [0.15, 0.2) is 6.10 Å². The van der Waals surface area contributed by atoms with Crippen LogP contribution in [0.5, 0.6) is 0 Å². The Balaban J connectivity index is 1.94. The van der Waals surface area contributed by atoms with E-state index in [4.69, 9.17) is 19.2 Å². The van der Waals surface area contributed by atoms with Crippen LogP contribution in [0.15, 0.2) is 47.6 Å². The van der Waals surface area contributed by atoms with Gasteiger partial charge in [-0.15, -0.1) is 6.58 Å². The number of aromatic nitrogens is 2. The van der Waals surface area contributed by atoms with Gasteiger partial charge in [-0.05, 0) is 77.6 Å². The van der Waals surface area contributed by atoms with E-state index in [1.807, 2.05) is 39.8 Å². The number of hydrogen-bond acceptors (Lipinski definition) is 6. The van der Waals surface area contributed by atoms with E-state index in [0.717, 1.165) is 69.8 Å². The van der Waals surface area contributed by atoms with Crippen LogP contribution in [0, 0.1) is 13.8 Å². The maximum absolute atomic E-state index is 13.3. The number of fused-ring (bicyclic) bond motifs is 1. The molecule has 210 valence electrons. The number of carbonyl (C=O) groups is 1. The number of anilines is 1. The van der Waals surface area contributed by atoms with E-state index in [-0.39, 0.29) is 5.60 Å². The van der Waals surface area contributed by atoms with Gasteiger partial charge in [0.05, 0.1) is 30.6 Å². The summed E-state index contributed by atoms with van der Waals surface area (Å²) in [5, 5.41) is 0. The zero-order chi connectivity index (χ0) is 28.5. The van der Waals surface area contributed by atoms with Gasteiger partial charge in [0, 0.05) is 34.9 Å². The molecular weight excluding hydrogens is 558 g/mol. The lowest BCUT2D eigenvalue weighted by Gasteiger charge is -2.41. The van der Waals surface area contributed by atoms with Gasteiger partial charge in [-0.2, -0.15) is 0 Å². The van der Waals surface area contributed by atoms with Crippen molar-refractivity contribution in [3.8, 4) is 11.3 Å². The highest BCUT2D eigenvalue weighted by Gasteiger charge is 2.38. The van der Waals surface area contributed by atoms with E-state index in [2.05, 4.69) is 64.0 Å². The molecule has 0 bridgehead atoms. The molecule has 1 fully saturated rings. The first-order valence-electron chi connectivity index (χ1n) is 13.4. The highest BCUT2D eigenvalue weighted by Crippen LogP contribution is 2.41. The van der Waals surface area contributed by atoms with Crippen molar-refractivity contribution in [2.24, 2.45) is 0 Å². The van der Waals surface area contributed by atoms with Crippen LogP contribution in [0.4, 0.5) is 5.82 Å². The van der Waals surface area contributed by atoms with Gasteiger partial charge in [0.25, 0.3) is 0 Å². The fourth-order valence-corrected chi connectivity index (χ4v) is 5.58. The van der Waals surface area contributed by atoms with Gasteiger partial charge in [0.2, 0.25) is 0 Å². The second-order valence-corrected chi connectivity index (χ2v) is 12.4. The van der Waals surface area contributed by atoms with Crippen LogP contribution in [0.2, 0.25) is 0 Å². The number of nitrogens with zero attached hydrogens (tertiary/aromatic N) is 3. The summed E-state index contributed by atoms with van der Waals surface area (Å²) in [6, 6.07) is 8.13. The van der Waals surface area contributed by atoms with Gasteiger partial charge >= 0.3 is 5.97 Å². The zero-order valence-electron chi connectivity index (χ0n) is 24.1. The number of imidazole rings is 1. The van der Waals surface area contributed by atoms with E-state index in [0.29, 0.717) is 6.61 Å². The molecule has 0 N–H and O–H groups in total. The van der Waals surface area contributed by atoms with E-state index in [1.165, 1.54) is 7.11 Å². The van der Waals surface area contributed by atoms with Crippen LogP contribution in [0.25, 0.3) is 16.9 Å². The molecule has 0 spiro atoms. The third kappa shape index (κ3) is 6.23. The molecule has 1 aliphatic heterocycles. The van der Waals surface area contributed by atoms with Crippen LogP contribution in [-0.2, 0) is 19.0 Å². The van der Waals surface area contributed by atoms with Gasteiger partial charge in [0.1, 0.15) is 11.5 Å². The first-order valence-corrected chi connectivity index (χ1v) is 14.2. The summed E-state index contributed by atoms with van der Waals surface area (Å²) < 4.78 is 21.0. The average molecular weight is 599 g/mol. The Kier molecular flexibility index (Phi) is 8.59. The molecule has 1 aromatic carbocycles. The molecule has 1 saturated heterocycles. The Morgan fingerprint density at radius 1 is 1.23 bits per heavy atom. The Hall–Kier alpha value is -2.68. The molecule has 1 aliphatic rings. The molecule has 1 atom stereocenters. The third-order valence-electron chi connectivity index (χ3n) is 7.42. The fraction of sp³-hybridized carbons (Fsp3) is 0.484. The highest BCUT2D eigenvalue weighted by molar-refractivity contribution is 9.10. The molecule has 3 aromatic rings. The largest absolute Gasteiger partial charge is 0.467 e. The number of halogens is 1. The monoisotopic (exact) mass is 597 g/mol. The Morgan fingerprint density at radius 3 is 2.51 bits per heavy atom. The maximum atomic E-state index is 13.3. The number of aryl methyl sites for hydroxylation is 1. The second-order valence-electron chi connectivity index (χ2n) is 11.5. The molecule has 3 heterocycles. The molecule has 39 heavy (non-hydrogen) atoms. The first kappa shape index (κ1) is 29.3. The molecule has 0 amide bonds. The highest BCUT2D eigenvalue weighted by atomic mass is 79.9. The van der Waals surface area contributed by atoms with Gasteiger partial charge in [-0.25, -0.2) is 9.78 Å². The Bertz CT molecular complexity index is 1370. The summed E-state index contributed by atoms with van der Waals surface area (Å²) in [6.07, 6.45) is 4.64. The molecule has 8 heteroatoms. The summed E-state index contributed by atoms with van der Waals surface area (Å²) in [4.78, 5) is 20.7. The predicted octanol–water partition coefficient (Wildman–Crippen LogP) is 6.97. The van der Waals surface area contributed by atoms with Crippen molar-refractivity contribution >= 4 is 33.4 Å². The zero-order valence-corrected chi connectivity index (χ0v) is 25.7. The third-order valence-corrected chi connectivity index (χ3v) is 7.91. The predicted molar refractivity (Wildman–Crippen MR) is 159 cm³/mol. The summed E-state index contributed by atoms with van der Waals surface area (Å²) in [6.45, 7) is 18.0. The van der Waals surface area contributed by atoms with Crippen molar-refractivity contribution in [2.75, 3.05) is 31.7 Å². The molecule has 2 aromatic heterocycles. The normalized spacial score (nSPS) is 16.4. The van der Waals surface area contributed by atoms with E-state index < -0.39 is 17.7 Å². The number of esters is 1. The van der Waals surface area contributed by atoms with E-state index >= 15 is 0 Å². The van der Waals surface area contributed by atoms with E-state index in [1.54, 1.807) is 6.08 Å². The van der Waals surface area contributed by atoms with Gasteiger partial charge < -0.3 is 19.1 Å². The first-order chi connectivity index (χ1) is 18.4. The van der Waals surface area contributed by atoms with Gasteiger partial charge in [-0.1, -0.05) is 34.1 Å². The number of pyridine rings is 1. The van der Waals surface area contributed by atoms with Crippen molar-refractivity contribution in [3.05, 3.63) is 64.3 Å². The minimum atomic E-state index is -0.893. The standard InChI is InChI=1S/C31H40BrN3O4/c1-9-17-38-31(7)13-15-34(16-14-31)28-25(26(29(36)37-8)39-30(4,5)6)20(2)21(3)27-33-24(19-35(27)28)22-11-10-12-23(32)18-22/h9-12,18-19,26H,1,13-17H2,2-8H3. The molecule has 0 radical (unpaired) electrons. The topological polar surface area (TPSA) is 65.3 Å². The molecule has 1 unspecified atom stereocenters. The number of hydrogen-bond donors (Lipinski definition) is 0. The van der Waals surface area contributed by atoms with Crippen molar-refractivity contribution < 1.29 is 19.0 Å². The Morgan fingerprint density at radius 2 is 1.92 bits per heavy atom. The smallest absolute Gasteiger partial charge is 0.339 e. The summed E-state index contributed by atoms with van der Waals surface area (Å²) in [5.41, 5.74) is 4.71. The molecule has 0 aliphatic carbocycles. The summed E-state index contributed by atoms with van der Waals surface area (Å²) in [7, 11) is 1.41. The van der Waals surface area contributed by atoms with Crippen LogP contribution < -0.4 is 4.90 Å². The molecule has 0 saturated carbocycles. The quantitative estimate of drug-likeness (QED) is 0.206. The second kappa shape index (κ2) is 11.4. The summed E-state index contributed by atoms with van der Waals surface area (Å²) >= 11 is 3.59. The lowest BCUT2D eigenvalue weighted by Crippen LogP contribution is -2.45. The lowest BCUT2D eigenvalue weighted by atomic mass is 9.92. The van der Waals surface area contributed by atoms with Crippen molar-refractivity contribution in [2.45, 2.75) is 71.7 Å². The molecular formula is C31H40BrN3O4. The number of benzene rings is 1. The van der Waals surface area contributed by atoms with Crippen LogP contribution in [0.3, 0.4) is 0 Å². The average Bonchev–Trinajstić information content (AvgIpc) is 3.33. The number of rotatable bonds is 8. The minimum absolute atomic E-state index is 0.232. The molecule has 7 nitrogen and oxygen atoms in total. The van der Waals surface area contributed by atoms with Crippen LogP contribution in [-0.4, -0.2) is 53.4 Å². The summed E-state index contributed by atoms with van der Waals surface area (Å²) in [5.74, 6) is 0.490. The number of piperidine rings is 1. The van der Waals surface area contributed by atoms with Crippen LogP contribution >= 0.6 is 15.9 Å². The van der Waals surface area contributed by atoms with Crippen molar-refractivity contribution in [1.29, 1.82) is 0 Å². The number of carbonyl (C=O) groups excluding carboxylic acids is 1.